The molecule has 2 N–H and O–H groups in total. The van der Waals surface area contributed by atoms with Gasteiger partial charge in [-0.25, -0.2) is 0 Å². The van der Waals surface area contributed by atoms with E-state index in [0.29, 0.717) is 16.3 Å². The van der Waals surface area contributed by atoms with Crippen molar-refractivity contribution in [3.63, 3.8) is 0 Å². The van der Waals surface area contributed by atoms with E-state index < -0.39 is 0 Å². The predicted molar refractivity (Wildman–Crippen MR) is 94.0 cm³/mol. The molecule has 120 valence electrons. The van der Waals surface area contributed by atoms with Crippen molar-refractivity contribution < 1.29 is 4.79 Å². The van der Waals surface area contributed by atoms with E-state index in [4.69, 9.17) is 11.6 Å². The fourth-order valence-corrected chi connectivity index (χ4v) is 3.36. The molecule has 0 fully saturated rings. The third kappa shape index (κ3) is 2.69. The number of benzene rings is 2. The summed E-state index contributed by atoms with van der Waals surface area (Å²) < 4.78 is 0. The first kappa shape index (κ1) is 15.0. The molecule has 0 bridgehead atoms. The lowest BCUT2D eigenvalue weighted by Gasteiger charge is -2.14. The Balaban J connectivity index is 1.58. The predicted octanol–water partition coefficient (Wildman–Crippen LogP) is 4.15. The molecule has 0 saturated heterocycles. The van der Waals surface area contributed by atoms with Gasteiger partial charge >= 0.3 is 0 Å². The van der Waals surface area contributed by atoms with E-state index >= 15 is 0 Å². The van der Waals surface area contributed by atoms with Crippen molar-refractivity contribution >= 4 is 17.5 Å². The van der Waals surface area contributed by atoms with Gasteiger partial charge in [0, 0.05) is 10.6 Å². The normalized spacial score (nSPS) is 16.0. The number of amides is 1. The summed E-state index contributed by atoms with van der Waals surface area (Å²) in [7, 11) is 0. The number of nitrogens with zero attached hydrogens (tertiary/aromatic N) is 1. The molecular formula is C19H16ClN3O. The molecule has 5 heteroatoms. The first-order valence-electron chi connectivity index (χ1n) is 7.90. The lowest BCUT2D eigenvalue weighted by atomic mass is 10.1. The van der Waals surface area contributed by atoms with Crippen molar-refractivity contribution in [3.05, 3.63) is 76.4 Å². The maximum absolute atomic E-state index is 12.7. The highest BCUT2D eigenvalue weighted by Gasteiger charge is 2.25. The zero-order chi connectivity index (χ0) is 16.5. The second kappa shape index (κ2) is 6.13. The number of fused-ring (bicyclic) bond motifs is 1. The van der Waals surface area contributed by atoms with E-state index in [1.165, 1.54) is 11.1 Å². The lowest BCUT2D eigenvalue weighted by molar-refractivity contribution is 0.0937. The van der Waals surface area contributed by atoms with Crippen LogP contribution in [-0.4, -0.2) is 16.1 Å². The highest BCUT2D eigenvalue weighted by Crippen LogP contribution is 2.31. The van der Waals surface area contributed by atoms with Gasteiger partial charge in [-0.3, -0.25) is 9.89 Å². The average Bonchev–Trinajstić information content (AvgIpc) is 3.23. The Morgan fingerprint density at radius 3 is 2.79 bits per heavy atom. The summed E-state index contributed by atoms with van der Waals surface area (Å²) in [5.41, 5.74) is 4.65. The maximum atomic E-state index is 12.7. The minimum Gasteiger partial charge on any atom is -0.345 e. The Bertz CT molecular complexity index is 886. The molecule has 0 saturated carbocycles. The zero-order valence-electron chi connectivity index (χ0n) is 12.9. The highest BCUT2D eigenvalue weighted by atomic mass is 35.5. The Kier molecular flexibility index (Phi) is 3.82. The number of aryl methyl sites for hydroxylation is 1. The van der Waals surface area contributed by atoms with Crippen LogP contribution in [0.3, 0.4) is 0 Å². The van der Waals surface area contributed by atoms with E-state index in [0.717, 1.165) is 18.4 Å². The van der Waals surface area contributed by atoms with Gasteiger partial charge in [-0.2, -0.15) is 5.10 Å². The van der Waals surface area contributed by atoms with Gasteiger partial charge in [-0.15, -0.1) is 0 Å². The number of halogens is 1. The minimum atomic E-state index is -0.115. The smallest absolute Gasteiger partial charge is 0.255 e. The van der Waals surface area contributed by atoms with Crippen LogP contribution in [0.15, 0.2) is 54.7 Å². The number of H-pyrrole nitrogens is 1. The third-order valence-corrected chi connectivity index (χ3v) is 4.71. The second-order valence-corrected chi connectivity index (χ2v) is 6.37. The molecule has 2 aromatic carbocycles. The number of rotatable bonds is 3. The maximum Gasteiger partial charge on any atom is 0.255 e. The third-order valence-electron chi connectivity index (χ3n) is 4.46. The van der Waals surface area contributed by atoms with Gasteiger partial charge in [0.2, 0.25) is 0 Å². The molecule has 1 aliphatic rings. The Morgan fingerprint density at radius 1 is 1.17 bits per heavy atom. The number of hydrogen-bond donors (Lipinski definition) is 2. The second-order valence-electron chi connectivity index (χ2n) is 5.93. The number of carbonyl (C=O) groups is 1. The quantitative estimate of drug-likeness (QED) is 0.754. The monoisotopic (exact) mass is 337 g/mol. The van der Waals surface area contributed by atoms with Gasteiger partial charge < -0.3 is 5.32 Å². The van der Waals surface area contributed by atoms with Crippen molar-refractivity contribution in [2.75, 3.05) is 0 Å². The lowest BCUT2D eigenvalue weighted by Crippen LogP contribution is -2.27. The highest BCUT2D eigenvalue weighted by molar-refractivity contribution is 6.30. The molecule has 3 aromatic rings. The molecule has 1 heterocycles. The van der Waals surface area contributed by atoms with Crippen molar-refractivity contribution in [1.82, 2.24) is 15.5 Å². The molecule has 4 rings (SSSR count). The number of aromatic amines is 1. The summed E-state index contributed by atoms with van der Waals surface area (Å²) >= 11 is 5.93. The van der Waals surface area contributed by atoms with Crippen LogP contribution in [0.2, 0.25) is 5.02 Å². The van der Waals surface area contributed by atoms with Crippen molar-refractivity contribution in [2.45, 2.75) is 18.9 Å². The molecule has 0 aliphatic heterocycles. The van der Waals surface area contributed by atoms with Crippen molar-refractivity contribution in [2.24, 2.45) is 0 Å². The summed E-state index contributed by atoms with van der Waals surface area (Å²) in [5.74, 6) is -0.115. The molecule has 0 unspecified atom stereocenters. The van der Waals surface area contributed by atoms with E-state index in [1.807, 2.05) is 24.3 Å². The van der Waals surface area contributed by atoms with E-state index in [-0.39, 0.29) is 11.9 Å². The molecule has 1 amide bonds. The standard InChI is InChI=1S/C19H16ClN3O/c20-14-8-5-13(6-9-14)18-16(11-21-23-18)19(24)22-17-10-7-12-3-1-2-4-15(12)17/h1-6,8-9,11,17H,7,10H2,(H,21,23)(H,22,24)/t17-/m1/s1. The number of hydrogen-bond acceptors (Lipinski definition) is 2. The van der Waals surface area contributed by atoms with E-state index in [1.54, 1.807) is 18.3 Å². The SMILES string of the molecule is O=C(N[C@@H]1CCc2ccccc21)c1cn[nH]c1-c1ccc(Cl)cc1. The van der Waals surface area contributed by atoms with Crippen LogP contribution in [0.25, 0.3) is 11.3 Å². The molecule has 1 atom stereocenters. The van der Waals surface area contributed by atoms with Crippen LogP contribution in [0.1, 0.15) is 33.9 Å². The Hall–Kier alpha value is -2.59. The van der Waals surface area contributed by atoms with Gasteiger partial charge in [-0.1, -0.05) is 48.0 Å². The van der Waals surface area contributed by atoms with Gasteiger partial charge in [0.05, 0.1) is 23.5 Å². The zero-order valence-corrected chi connectivity index (χ0v) is 13.7. The molecular weight excluding hydrogens is 322 g/mol. The van der Waals surface area contributed by atoms with Gasteiger partial charge in [-0.05, 0) is 36.1 Å². The Morgan fingerprint density at radius 2 is 1.96 bits per heavy atom. The first-order valence-corrected chi connectivity index (χ1v) is 8.28. The van der Waals surface area contributed by atoms with Gasteiger partial charge in [0.15, 0.2) is 0 Å². The number of carbonyl (C=O) groups excluding carboxylic acids is 1. The average molecular weight is 338 g/mol. The van der Waals surface area contributed by atoms with Crippen LogP contribution in [0, 0.1) is 0 Å². The van der Waals surface area contributed by atoms with Crippen LogP contribution in [0.5, 0.6) is 0 Å². The molecule has 0 spiro atoms. The molecule has 1 aromatic heterocycles. The minimum absolute atomic E-state index is 0.0571. The first-order chi connectivity index (χ1) is 11.7. The Labute approximate surface area is 144 Å². The van der Waals surface area contributed by atoms with E-state index in [9.17, 15) is 4.79 Å². The summed E-state index contributed by atoms with van der Waals surface area (Å²) in [6, 6.07) is 15.7. The van der Waals surface area contributed by atoms with Crippen LogP contribution in [-0.2, 0) is 6.42 Å². The van der Waals surface area contributed by atoms with Crippen LogP contribution < -0.4 is 5.32 Å². The van der Waals surface area contributed by atoms with Crippen LogP contribution >= 0.6 is 11.6 Å². The fraction of sp³-hybridized carbons (Fsp3) is 0.158. The molecule has 1 aliphatic carbocycles. The van der Waals surface area contributed by atoms with Crippen molar-refractivity contribution in [3.8, 4) is 11.3 Å². The summed E-state index contributed by atoms with van der Waals surface area (Å²) in [5, 5.41) is 10.7. The fourth-order valence-electron chi connectivity index (χ4n) is 3.24. The molecule has 0 radical (unpaired) electrons. The van der Waals surface area contributed by atoms with Crippen LogP contribution in [0.4, 0.5) is 0 Å². The summed E-state index contributed by atoms with van der Waals surface area (Å²) in [4.78, 5) is 12.7. The van der Waals surface area contributed by atoms with E-state index in [2.05, 4.69) is 27.6 Å². The van der Waals surface area contributed by atoms with Gasteiger partial charge in [0.25, 0.3) is 5.91 Å². The summed E-state index contributed by atoms with van der Waals surface area (Å²) in [6.07, 6.45) is 3.50. The number of aromatic nitrogens is 2. The molecule has 24 heavy (non-hydrogen) atoms. The largest absolute Gasteiger partial charge is 0.345 e. The van der Waals surface area contributed by atoms with Crippen molar-refractivity contribution in [1.29, 1.82) is 0 Å². The molecule has 4 nitrogen and oxygen atoms in total. The summed E-state index contributed by atoms with van der Waals surface area (Å²) in [6.45, 7) is 0. The van der Waals surface area contributed by atoms with Gasteiger partial charge in [0.1, 0.15) is 0 Å². The topological polar surface area (TPSA) is 57.8 Å². The number of nitrogens with one attached hydrogen (secondary N) is 2.